The molecule has 1 aliphatic rings. The van der Waals surface area contributed by atoms with Crippen molar-refractivity contribution in [3.8, 4) is 6.07 Å². The Labute approximate surface area is 133 Å². The lowest BCUT2D eigenvalue weighted by atomic mass is 9.91. The van der Waals surface area contributed by atoms with Gasteiger partial charge < -0.3 is 5.32 Å². The molecule has 5 nitrogen and oxygen atoms in total. The number of rotatable bonds is 5. The van der Waals surface area contributed by atoms with Crippen LogP contribution in [-0.4, -0.2) is 38.1 Å². The molecular formula is C16H23N3O2S. The van der Waals surface area contributed by atoms with Crippen LogP contribution in [0.2, 0.25) is 0 Å². The standard InChI is InChI=1S/C16H23N3O2S/c1-3-15-12-19(22(2,20)21)8-7-16(15)18-11-14-6-4-5-13(9-14)10-17/h4-6,9,15-16,18H,3,7-8,11-12H2,1-2H3/t15-,16+/m1/s1. The van der Waals surface area contributed by atoms with Crippen LogP contribution in [0, 0.1) is 17.2 Å². The van der Waals surface area contributed by atoms with E-state index in [1.807, 2.05) is 18.2 Å². The Morgan fingerprint density at radius 3 is 2.86 bits per heavy atom. The van der Waals surface area contributed by atoms with Crippen LogP contribution in [0.5, 0.6) is 0 Å². The number of benzene rings is 1. The zero-order valence-electron chi connectivity index (χ0n) is 13.1. The van der Waals surface area contributed by atoms with Gasteiger partial charge in [0.25, 0.3) is 0 Å². The van der Waals surface area contributed by atoms with E-state index in [1.54, 1.807) is 10.4 Å². The predicted octanol–water partition coefficient (Wildman–Crippen LogP) is 1.71. The van der Waals surface area contributed by atoms with Crippen molar-refractivity contribution in [1.29, 1.82) is 5.26 Å². The van der Waals surface area contributed by atoms with Gasteiger partial charge in [-0.3, -0.25) is 0 Å². The molecule has 22 heavy (non-hydrogen) atoms. The second-order valence-electron chi connectivity index (χ2n) is 5.88. The molecule has 1 N–H and O–H groups in total. The van der Waals surface area contributed by atoms with Gasteiger partial charge in [0.2, 0.25) is 10.0 Å². The monoisotopic (exact) mass is 321 g/mol. The van der Waals surface area contributed by atoms with Gasteiger partial charge in [-0.25, -0.2) is 12.7 Å². The molecule has 0 unspecified atom stereocenters. The summed E-state index contributed by atoms with van der Waals surface area (Å²) in [5, 5.41) is 12.5. The Balaban J connectivity index is 1.97. The van der Waals surface area contributed by atoms with Gasteiger partial charge in [0, 0.05) is 25.7 Å². The van der Waals surface area contributed by atoms with Gasteiger partial charge >= 0.3 is 0 Å². The lowest BCUT2D eigenvalue weighted by Gasteiger charge is -2.37. The fraction of sp³-hybridized carbons (Fsp3) is 0.562. The number of nitrogens with zero attached hydrogens (tertiary/aromatic N) is 2. The second kappa shape index (κ2) is 7.23. The lowest BCUT2D eigenvalue weighted by molar-refractivity contribution is 0.202. The van der Waals surface area contributed by atoms with E-state index < -0.39 is 10.0 Å². The van der Waals surface area contributed by atoms with Gasteiger partial charge in [-0.15, -0.1) is 0 Å². The van der Waals surface area contributed by atoms with Crippen LogP contribution in [-0.2, 0) is 16.6 Å². The molecule has 0 radical (unpaired) electrons. The highest BCUT2D eigenvalue weighted by atomic mass is 32.2. The SMILES string of the molecule is CC[C@@H]1CN(S(C)(=O)=O)CC[C@@H]1NCc1cccc(C#N)c1. The van der Waals surface area contributed by atoms with Crippen molar-refractivity contribution < 1.29 is 8.42 Å². The molecule has 0 bridgehead atoms. The molecule has 0 amide bonds. The highest BCUT2D eigenvalue weighted by Gasteiger charge is 2.31. The van der Waals surface area contributed by atoms with E-state index in [0.29, 0.717) is 37.2 Å². The van der Waals surface area contributed by atoms with Crippen LogP contribution in [0.15, 0.2) is 24.3 Å². The maximum absolute atomic E-state index is 11.7. The number of nitrogens with one attached hydrogen (secondary N) is 1. The van der Waals surface area contributed by atoms with E-state index in [1.165, 1.54) is 6.26 Å². The maximum atomic E-state index is 11.7. The highest BCUT2D eigenvalue weighted by molar-refractivity contribution is 7.88. The zero-order valence-corrected chi connectivity index (χ0v) is 13.9. The Bertz CT molecular complexity index is 652. The molecule has 1 aromatic carbocycles. The van der Waals surface area contributed by atoms with Crippen LogP contribution < -0.4 is 5.32 Å². The van der Waals surface area contributed by atoms with Crippen molar-refractivity contribution in [1.82, 2.24) is 9.62 Å². The predicted molar refractivity (Wildman–Crippen MR) is 86.6 cm³/mol. The fourth-order valence-electron chi connectivity index (χ4n) is 2.98. The molecule has 1 fully saturated rings. The summed E-state index contributed by atoms with van der Waals surface area (Å²) < 4.78 is 24.9. The van der Waals surface area contributed by atoms with Gasteiger partial charge in [0.05, 0.1) is 17.9 Å². The first-order valence-electron chi connectivity index (χ1n) is 7.61. The van der Waals surface area contributed by atoms with Crippen LogP contribution in [0.4, 0.5) is 0 Å². The minimum absolute atomic E-state index is 0.314. The Kier molecular flexibility index (Phi) is 5.57. The number of hydrogen-bond acceptors (Lipinski definition) is 4. The molecule has 1 saturated heterocycles. The third-order valence-corrected chi connectivity index (χ3v) is 5.58. The molecular weight excluding hydrogens is 298 g/mol. The molecule has 0 saturated carbocycles. The number of nitriles is 1. The van der Waals surface area contributed by atoms with E-state index >= 15 is 0 Å². The van der Waals surface area contributed by atoms with Crippen molar-refractivity contribution in [2.75, 3.05) is 19.3 Å². The summed E-state index contributed by atoms with van der Waals surface area (Å²) >= 11 is 0. The van der Waals surface area contributed by atoms with Crippen LogP contribution in [0.3, 0.4) is 0 Å². The van der Waals surface area contributed by atoms with Crippen molar-refractivity contribution >= 4 is 10.0 Å². The topological polar surface area (TPSA) is 73.2 Å². The number of hydrogen-bond donors (Lipinski definition) is 1. The highest BCUT2D eigenvalue weighted by Crippen LogP contribution is 2.22. The average Bonchev–Trinajstić information content (AvgIpc) is 2.52. The van der Waals surface area contributed by atoms with Crippen molar-refractivity contribution in [3.63, 3.8) is 0 Å². The van der Waals surface area contributed by atoms with Gasteiger partial charge in [0.15, 0.2) is 0 Å². The fourth-order valence-corrected chi connectivity index (χ4v) is 3.88. The molecule has 1 aromatic rings. The minimum Gasteiger partial charge on any atom is -0.310 e. The first-order chi connectivity index (χ1) is 10.4. The molecule has 2 atom stereocenters. The summed E-state index contributed by atoms with van der Waals surface area (Å²) in [5.74, 6) is 0.322. The van der Waals surface area contributed by atoms with Gasteiger partial charge in [-0.2, -0.15) is 5.26 Å². The van der Waals surface area contributed by atoms with Crippen molar-refractivity contribution in [2.45, 2.75) is 32.4 Å². The summed E-state index contributed by atoms with van der Waals surface area (Å²) in [6.07, 6.45) is 3.05. The van der Waals surface area contributed by atoms with Gasteiger partial charge in [-0.05, 0) is 30.0 Å². The van der Waals surface area contributed by atoms with Crippen LogP contribution >= 0.6 is 0 Å². The summed E-state index contributed by atoms with van der Waals surface area (Å²) in [6, 6.07) is 10.0. The second-order valence-corrected chi connectivity index (χ2v) is 7.86. The molecule has 6 heteroatoms. The summed E-state index contributed by atoms with van der Waals surface area (Å²) in [7, 11) is -3.10. The first-order valence-corrected chi connectivity index (χ1v) is 9.46. The molecule has 0 aromatic heterocycles. The molecule has 120 valence electrons. The normalized spacial score (nSPS) is 23.1. The maximum Gasteiger partial charge on any atom is 0.211 e. The van der Waals surface area contributed by atoms with Crippen molar-refractivity contribution in [3.05, 3.63) is 35.4 Å². The van der Waals surface area contributed by atoms with E-state index in [0.717, 1.165) is 18.4 Å². The largest absolute Gasteiger partial charge is 0.310 e. The van der Waals surface area contributed by atoms with E-state index in [2.05, 4.69) is 18.3 Å². The quantitative estimate of drug-likeness (QED) is 0.896. The van der Waals surface area contributed by atoms with E-state index in [4.69, 9.17) is 5.26 Å². The van der Waals surface area contributed by atoms with Gasteiger partial charge in [0.1, 0.15) is 0 Å². The summed E-state index contributed by atoms with van der Waals surface area (Å²) in [4.78, 5) is 0. The van der Waals surface area contributed by atoms with Crippen molar-refractivity contribution in [2.24, 2.45) is 5.92 Å². The molecule has 0 spiro atoms. The molecule has 2 rings (SSSR count). The van der Waals surface area contributed by atoms with Crippen LogP contribution in [0.1, 0.15) is 30.9 Å². The molecule has 1 aliphatic heterocycles. The Morgan fingerprint density at radius 1 is 1.45 bits per heavy atom. The molecule has 0 aliphatic carbocycles. The summed E-state index contributed by atoms with van der Waals surface area (Å²) in [5.41, 5.74) is 1.75. The molecule has 1 heterocycles. The first kappa shape index (κ1) is 16.9. The smallest absolute Gasteiger partial charge is 0.211 e. The lowest BCUT2D eigenvalue weighted by Crippen LogP contribution is -2.50. The third-order valence-electron chi connectivity index (χ3n) is 4.31. The van der Waals surface area contributed by atoms with E-state index in [9.17, 15) is 8.42 Å². The number of sulfonamides is 1. The van der Waals surface area contributed by atoms with E-state index in [-0.39, 0.29) is 0 Å². The number of piperidine rings is 1. The zero-order chi connectivity index (χ0) is 16.2. The minimum atomic E-state index is -3.10. The Hall–Kier alpha value is -1.42. The van der Waals surface area contributed by atoms with Gasteiger partial charge in [-0.1, -0.05) is 25.5 Å². The Morgan fingerprint density at radius 2 is 2.23 bits per heavy atom. The van der Waals surface area contributed by atoms with Crippen LogP contribution in [0.25, 0.3) is 0 Å². The third kappa shape index (κ3) is 4.29. The average molecular weight is 321 g/mol. The summed E-state index contributed by atoms with van der Waals surface area (Å²) in [6.45, 7) is 3.97.